The summed E-state index contributed by atoms with van der Waals surface area (Å²) in [6.45, 7) is 0.757. The summed E-state index contributed by atoms with van der Waals surface area (Å²) in [5, 5.41) is 22.0. The largest absolute Gasteiger partial charge is 0.507 e. The Morgan fingerprint density at radius 2 is 1.91 bits per heavy atom. The van der Waals surface area contributed by atoms with Gasteiger partial charge < -0.3 is 21.7 Å². The van der Waals surface area contributed by atoms with Crippen LogP contribution in [0.25, 0.3) is 0 Å². The van der Waals surface area contributed by atoms with E-state index >= 15 is 4.39 Å². The number of phenolic OH excluding ortho intramolecular Hbond substituents is 1. The molecule has 2 saturated carbocycles. The fraction of sp³-hybridized carbons (Fsp3) is 0.542. The number of carbonyl (C=O) groups is 5. The summed E-state index contributed by atoms with van der Waals surface area (Å²) >= 11 is 0. The van der Waals surface area contributed by atoms with Crippen LogP contribution in [0.15, 0.2) is 6.07 Å². The maximum Gasteiger partial charge on any atom is 0.235 e. The molecule has 10 nitrogen and oxygen atoms in total. The van der Waals surface area contributed by atoms with Crippen molar-refractivity contribution in [3.05, 3.63) is 28.6 Å². The van der Waals surface area contributed by atoms with Gasteiger partial charge in [-0.2, -0.15) is 0 Å². The fourth-order valence-corrected chi connectivity index (χ4v) is 6.67. The lowest BCUT2D eigenvalue weighted by atomic mass is 9.52. The zero-order valence-electron chi connectivity index (χ0n) is 19.0. The summed E-state index contributed by atoms with van der Waals surface area (Å²) in [6.07, 6.45) is 1.21. The van der Waals surface area contributed by atoms with Gasteiger partial charge in [0.1, 0.15) is 11.6 Å². The number of phenols is 1. The van der Waals surface area contributed by atoms with E-state index in [0.717, 1.165) is 13.0 Å². The molecule has 3 fully saturated rings. The van der Waals surface area contributed by atoms with Gasteiger partial charge in [-0.25, -0.2) is 4.39 Å². The predicted octanol–water partition coefficient (Wildman–Crippen LogP) is -0.830. The van der Waals surface area contributed by atoms with Gasteiger partial charge in [0.15, 0.2) is 34.7 Å². The molecule has 0 radical (unpaired) electrons. The van der Waals surface area contributed by atoms with Gasteiger partial charge in [0.05, 0.1) is 17.5 Å². The number of nitrogens with two attached hydrogens (primary N) is 2. The fourth-order valence-electron chi connectivity index (χ4n) is 6.67. The Hall–Kier alpha value is -3.02. The zero-order valence-corrected chi connectivity index (χ0v) is 19.0. The van der Waals surface area contributed by atoms with Gasteiger partial charge >= 0.3 is 0 Å². The molecule has 1 aromatic carbocycles. The summed E-state index contributed by atoms with van der Waals surface area (Å²) < 4.78 is 15.7. The Morgan fingerprint density at radius 3 is 2.51 bits per heavy atom. The minimum atomic E-state index is -2.86. The Labute approximate surface area is 199 Å². The molecular formula is C24H26FN3O7. The minimum absolute atomic E-state index is 0.0261. The number of hydrogen-bond acceptors (Lipinski definition) is 9. The van der Waals surface area contributed by atoms with Crippen molar-refractivity contribution in [3.63, 3.8) is 0 Å². The van der Waals surface area contributed by atoms with Crippen molar-refractivity contribution in [2.45, 2.75) is 43.4 Å². The molecule has 5 rings (SSSR count). The number of rotatable bonds is 2. The Bertz CT molecular complexity index is 1220. The standard InChI is InChI=1S/C24H26FN3O7/c1-28-4-2-3-12(28)9-7-13(29)15-10(17(9)25)5-8-6-11-18(26)20(31)16(23(27)34)22(33)24(11,35)21(32)14(8)19(15)30/h7-8,11-12,14,16,18,29,35H,2-6,26H2,1H3,(H2,27,34). The second kappa shape index (κ2) is 7.74. The van der Waals surface area contributed by atoms with Crippen LogP contribution >= 0.6 is 0 Å². The second-order valence-corrected chi connectivity index (χ2v) is 10.2. The number of carbonyl (C=O) groups excluding carboxylic acids is 5. The third-order valence-electron chi connectivity index (χ3n) is 8.43. The number of ketones is 4. The molecule has 0 bridgehead atoms. The highest BCUT2D eigenvalue weighted by molar-refractivity contribution is 6.32. The highest BCUT2D eigenvalue weighted by Crippen LogP contribution is 2.50. The average Bonchev–Trinajstić information content (AvgIpc) is 3.22. The van der Waals surface area contributed by atoms with Crippen molar-refractivity contribution in [2.24, 2.45) is 35.1 Å². The number of hydrogen-bond donors (Lipinski definition) is 4. The first-order chi connectivity index (χ1) is 16.4. The van der Waals surface area contributed by atoms with Crippen LogP contribution in [-0.4, -0.2) is 69.4 Å². The average molecular weight is 487 g/mol. The van der Waals surface area contributed by atoms with Crippen molar-refractivity contribution >= 4 is 29.0 Å². The van der Waals surface area contributed by atoms with Crippen molar-refractivity contribution in [2.75, 3.05) is 13.6 Å². The second-order valence-electron chi connectivity index (χ2n) is 10.2. The topological polar surface area (TPSA) is 181 Å². The third kappa shape index (κ3) is 3.01. The number of halogens is 1. The van der Waals surface area contributed by atoms with E-state index in [2.05, 4.69) is 0 Å². The minimum Gasteiger partial charge on any atom is -0.507 e. The molecular weight excluding hydrogens is 461 g/mol. The molecule has 1 aromatic rings. The molecule has 1 aliphatic heterocycles. The number of fused-ring (bicyclic) bond motifs is 3. The normalized spacial score (nSPS) is 37.1. The maximum absolute atomic E-state index is 15.7. The summed E-state index contributed by atoms with van der Waals surface area (Å²) in [5.74, 6) is -12.9. The molecule has 186 valence electrons. The number of Topliss-reactive ketones (excluding diaryl/α,β-unsaturated/α-hetero) is 4. The number of aliphatic hydroxyl groups is 1. The number of benzene rings is 1. The summed E-state index contributed by atoms with van der Waals surface area (Å²) in [6, 6.07) is -0.620. The van der Waals surface area contributed by atoms with Crippen LogP contribution in [-0.2, 0) is 25.6 Å². The van der Waals surface area contributed by atoms with Crippen LogP contribution < -0.4 is 11.5 Å². The van der Waals surface area contributed by atoms with E-state index in [0.29, 0.717) is 6.42 Å². The molecule has 3 aliphatic carbocycles. The summed E-state index contributed by atoms with van der Waals surface area (Å²) in [7, 11) is 1.84. The van der Waals surface area contributed by atoms with Crippen LogP contribution in [0, 0.1) is 29.5 Å². The number of amides is 1. The van der Waals surface area contributed by atoms with Crippen LogP contribution in [0.4, 0.5) is 4.39 Å². The smallest absolute Gasteiger partial charge is 0.235 e. The molecule has 1 heterocycles. The molecule has 0 aromatic heterocycles. The first-order valence-corrected chi connectivity index (χ1v) is 11.6. The Morgan fingerprint density at radius 1 is 1.23 bits per heavy atom. The molecule has 1 amide bonds. The van der Waals surface area contributed by atoms with E-state index in [9.17, 15) is 34.2 Å². The van der Waals surface area contributed by atoms with Gasteiger partial charge in [-0.3, -0.25) is 28.9 Å². The van der Waals surface area contributed by atoms with Crippen molar-refractivity contribution < 1.29 is 38.6 Å². The van der Waals surface area contributed by atoms with E-state index in [1.165, 1.54) is 6.07 Å². The van der Waals surface area contributed by atoms with Gasteiger partial charge in [0, 0.05) is 23.1 Å². The van der Waals surface area contributed by atoms with E-state index in [-0.39, 0.29) is 35.6 Å². The van der Waals surface area contributed by atoms with E-state index in [4.69, 9.17) is 11.5 Å². The molecule has 6 N–H and O–H groups in total. The maximum atomic E-state index is 15.7. The van der Waals surface area contributed by atoms with Gasteiger partial charge in [0.25, 0.3) is 0 Å². The van der Waals surface area contributed by atoms with Crippen LogP contribution in [0.2, 0.25) is 0 Å². The van der Waals surface area contributed by atoms with E-state index in [1.54, 1.807) is 0 Å². The molecule has 0 spiro atoms. The lowest BCUT2D eigenvalue weighted by Crippen LogP contribution is -2.73. The van der Waals surface area contributed by atoms with Crippen molar-refractivity contribution in [3.8, 4) is 5.75 Å². The van der Waals surface area contributed by atoms with Gasteiger partial charge in [-0.1, -0.05) is 0 Å². The molecule has 35 heavy (non-hydrogen) atoms. The number of nitrogens with zero attached hydrogens (tertiary/aromatic N) is 1. The van der Waals surface area contributed by atoms with Gasteiger partial charge in [0.2, 0.25) is 5.91 Å². The monoisotopic (exact) mass is 487 g/mol. The zero-order chi connectivity index (χ0) is 25.6. The SMILES string of the molecule is CN1CCCC1c1cc(O)c2c(c1F)CC1CC3C(N)C(=O)C(C(N)=O)C(=O)C3(O)C(=O)C1C2=O. The Kier molecular flexibility index (Phi) is 5.24. The third-order valence-corrected chi connectivity index (χ3v) is 8.43. The van der Waals surface area contributed by atoms with E-state index < -0.39 is 75.9 Å². The lowest BCUT2D eigenvalue weighted by Gasteiger charge is -2.50. The summed E-state index contributed by atoms with van der Waals surface area (Å²) in [4.78, 5) is 66.2. The number of primary amides is 1. The predicted molar refractivity (Wildman–Crippen MR) is 116 cm³/mol. The van der Waals surface area contributed by atoms with Crippen LogP contribution in [0.1, 0.15) is 46.8 Å². The quantitative estimate of drug-likeness (QED) is 0.387. The first-order valence-electron chi connectivity index (χ1n) is 11.6. The van der Waals surface area contributed by atoms with Gasteiger partial charge in [-0.05, 0) is 51.3 Å². The van der Waals surface area contributed by atoms with E-state index in [1.807, 2.05) is 11.9 Å². The summed E-state index contributed by atoms with van der Waals surface area (Å²) in [5.41, 5.74) is 8.16. The molecule has 4 aliphatic rings. The molecule has 1 saturated heterocycles. The highest BCUT2D eigenvalue weighted by atomic mass is 19.1. The van der Waals surface area contributed by atoms with Crippen LogP contribution in [0.3, 0.4) is 0 Å². The number of aromatic hydroxyl groups is 1. The Balaban J connectivity index is 1.60. The van der Waals surface area contributed by atoms with Crippen molar-refractivity contribution in [1.82, 2.24) is 4.90 Å². The molecule has 7 unspecified atom stereocenters. The molecule has 11 heteroatoms. The van der Waals surface area contributed by atoms with Crippen LogP contribution in [0.5, 0.6) is 5.75 Å². The molecule has 7 atom stereocenters. The number of likely N-dealkylation sites (tertiary alicyclic amines) is 1. The van der Waals surface area contributed by atoms with Gasteiger partial charge in [-0.15, -0.1) is 0 Å². The first kappa shape index (κ1) is 23.7. The highest BCUT2D eigenvalue weighted by Gasteiger charge is 2.68. The lowest BCUT2D eigenvalue weighted by molar-refractivity contribution is -0.177. The van der Waals surface area contributed by atoms with Crippen molar-refractivity contribution in [1.29, 1.82) is 0 Å².